The van der Waals surface area contributed by atoms with Crippen LogP contribution in [0.4, 0.5) is 5.69 Å². The molecule has 2 heterocycles. The van der Waals surface area contributed by atoms with Gasteiger partial charge in [-0.2, -0.15) is 9.78 Å². The van der Waals surface area contributed by atoms with Crippen molar-refractivity contribution in [2.24, 2.45) is 0 Å². The summed E-state index contributed by atoms with van der Waals surface area (Å²) in [5, 5.41) is 4.43. The predicted octanol–water partition coefficient (Wildman–Crippen LogP) is 3.74. The minimum Gasteiger partial charge on any atom is -0.484 e. The number of anilines is 1. The quantitative estimate of drug-likeness (QED) is 0.553. The Bertz CT molecular complexity index is 1170. The maximum absolute atomic E-state index is 12.8. The molecule has 33 heavy (non-hydrogen) atoms. The Morgan fingerprint density at radius 3 is 2.48 bits per heavy atom. The molecule has 1 aromatic heterocycles. The number of aromatic nitrogens is 2. The van der Waals surface area contributed by atoms with Gasteiger partial charge >= 0.3 is 0 Å². The van der Waals surface area contributed by atoms with E-state index in [1.165, 1.54) is 10.2 Å². The van der Waals surface area contributed by atoms with E-state index in [1.807, 2.05) is 41.3 Å². The van der Waals surface area contributed by atoms with E-state index in [0.29, 0.717) is 49.2 Å². The van der Waals surface area contributed by atoms with E-state index >= 15 is 0 Å². The lowest BCUT2D eigenvalue weighted by Crippen LogP contribution is -2.50. The van der Waals surface area contributed by atoms with Crippen LogP contribution in [0, 0.1) is 0 Å². The third kappa shape index (κ3) is 5.20. The van der Waals surface area contributed by atoms with Gasteiger partial charge in [0.25, 0.3) is 11.5 Å². The van der Waals surface area contributed by atoms with E-state index in [4.69, 9.17) is 16.3 Å². The van der Waals surface area contributed by atoms with Crippen LogP contribution in [0.5, 0.6) is 5.75 Å². The molecule has 7 nitrogen and oxygen atoms in total. The molecule has 1 aliphatic rings. The average molecular weight is 467 g/mol. The normalized spacial score (nSPS) is 13.9. The van der Waals surface area contributed by atoms with Crippen molar-refractivity contribution in [3.63, 3.8) is 0 Å². The minimum atomic E-state index is -0.365. The van der Waals surface area contributed by atoms with Crippen LogP contribution < -0.4 is 15.2 Å². The summed E-state index contributed by atoms with van der Waals surface area (Å²) in [6, 6.07) is 17.0. The highest BCUT2D eigenvalue weighted by molar-refractivity contribution is 6.33. The van der Waals surface area contributed by atoms with Crippen LogP contribution in [-0.4, -0.2) is 53.4 Å². The molecule has 0 atom stereocenters. The number of amides is 1. The number of benzene rings is 2. The molecule has 1 saturated heterocycles. The monoisotopic (exact) mass is 466 g/mol. The van der Waals surface area contributed by atoms with Gasteiger partial charge in [-0.1, -0.05) is 55.8 Å². The number of halogens is 1. The first kappa shape index (κ1) is 22.9. The average Bonchev–Trinajstić information content (AvgIpc) is 2.85. The summed E-state index contributed by atoms with van der Waals surface area (Å²) in [6.07, 6.45) is 1.61. The fourth-order valence-corrected chi connectivity index (χ4v) is 4.04. The van der Waals surface area contributed by atoms with Gasteiger partial charge in [0.1, 0.15) is 10.8 Å². The number of piperazine rings is 1. The lowest BCUT2D eigenvalue weighted by molar-refractivity contribution is -0.133. The molecule has 0 unspecified atom stereocenters. The number of hydrogen-bond donors (Lipinski definition) is 0. The summed E-state index contributed by atoms with van der Waals surface area (Å²) in [6.45, 7) is 6.40. The topological polar surface area (TPSA) is 67.7 Å². The van der Waals surface area contributed by atoms with Gasteiger partial charge in [0.05, 0.1) is 17.6 Å². The van der Waals surface area contributed by atoms with E-state index in [0.717, 1.165) is 0 Å². The van der Waals surface area contributed by atoms with Crippen LogP contribution in [0.2, 0.25) is 5.02 Å². The van der Waals surface area contributed by atoms with Gasteiger partial charge in [-0.3, -0.25) is 9.59 Å². The van der Waals surface area contributed by atoms with Gasteiger partial charge in [-0.05, 0) is 35.7 Å². The van der Waals surface area contributed by atoms with E-state index < -0.39 is 0 Å². The van der Waals surface area contributed by atoms with Crippen LogP contribution >= 0.6 is 11.6 Å². The zero-order valence-corrected chi connectivity index (χ0v) is 19.5. The molecule has 1 fully saturated rings. The molecular weight excluding hydrogens is 440 g/mol. The summed E-state index contributed by atoms with van der Waals surface area (Å²) >= 11 is 6.42. The van der Waals surface area contributed by atoms with Gasteiger partial charge in [0, 0.05) is 26.2 Å². The van der Waals surface area contributed by atoms with E-state index in [1.54, 1.807) is 23.2 Å². The first-order valence-corrected chi connectivity index (χ1v) is 11.4. The molecule has 0 saturated carbocycles. The molecule has 1 aliphatic heterocycles. The van der Waals surface area contributed by atoms with Crippen molar-refractivity contribution in [2.45, 2.75) is 19.8 Å². The Morgan fingerprint density at radius 1 is 1.06 bits per heavy atom. The van der Waals surface area contributed by atoms with Gasteiger partial charge in [-0.25, -0.2) is 0 Å². The Labute approximate surface area is 198 Å². The molecule has 172 valence electrons. The maximum Gasteiger partial charge on any atom is 0.292 e. The first-order valence-electron chi connectivity index (χ1n) is 11.0. The Kier molecular flexibility index (Phi) is 6.99. The second kappa shape index (κ2) is 10.1. The van der Waals surface area contributed by atoms with Crippen molar-refractivity contribution < 1.29 is 9.53 Å². The Balaban J connectivity index is 1.36. The fourth-order valence-electron chi connectivity index (χ4n) is 3.79. The highest BCUT2D eigenvalue weighted by Crippen LogP contribution is 2.23. The minimum absolute atomic E-state index is 0.00299. The third-order valence-electron chi connectivity index (χ3n) is 5.76. The summed E-state index contributed by atoms with van der Waals surface area (Å²) in [5.74, 6) is 1.03. The van der Waals surface area contributed by atoms with Crippen molar-refractivity contribution in [1.29, 1.82) is 0 Å². The molecular formula is C25H27ClN4O3. The summed E-state index contributed by atoms with van der Waals surface area (Å²) in [7, 11) is 0. The van der Waals surface area contributed by atoms with Crippen LogP contribution in [0.3, 0.4) is 0 Å². The molecule has 4 rings (SSSR count). The molecule has 1 amide bonds. The Hall–Kier alpha value is -3.32. The predicted molar refractivity (Wildman–Crippen MR) is 130 cm³/mol. The SMILES string of the molecule is CC(C)c1cccc(OCC(=O)N2CCN(c3cnn(-c4ccccc4)c(=O)c3Cl)CC2)c1. The summed E-state index contributed by atoms with van der Waals surface area (Å²) < 4.78 is 7.02. The second-order valence-electron chi connectivity index (χ2n) is 8.28. The number of hydrogen-bond acceptors (Lipinski definition) is 5. The van der Waals surface area contributed by atoms with Gasteiger partial charge in [-0.15, -0.1) is 0 Å². The van der Waals surface area contributed by atoms with Crippen LogP contribution in [0.25, 0.3) is 5.69 Å². The molecule has 0 N–H and O–H groups in total. The number of para-hydroxylation sites is 1. The summed E-state index contributed by atoms with van der Waals surface area (Å²) in [4.78, 5) is 29.2. The molecule has 0 spiro atoms. The molecule has 0 bridgehead atoms. The van der Waals surface area contributed by atoms with E-state index in [9.17, 15) is 9.59 Å². The number of nitrogens with zero attached hydrogens (tertiary/aromatic N) is 4. The summed E-state index contributed by atoms with van der Waals surface area (Å²) in [5.41, 5.74) is 2.05. The van der Waals surface area contributed by atoms with Crippen LogP contribution in [-0.2, 0) is 4.79 Å². The smallest absolute Gasteiger partial charge is 0.292 e. The van der Waals surface area contributed by atoms with Crippen molar-refractivity contribution in [1.82, 2.24) is 14.7 Å². The van der Waals surface area contributed by atoms with Crippen LogP contribution in [0.15, 0.2) is 65.6 Å². The van der Waals surface area contributed by atoms with Crippen LogP contribution in [0.1, 0.15) is 25.3 Å². The van der Waals surface area contributed by atoms with Gasteiger partial charge < -0.3 is 14.5 Å². The molecule has 2 aromatic carbocycles. The standard InChI is InChI=1S/C25H27ClN4O3/c1-18(2)19-7-6-10-21(15-19)33-17-23(31)29-13-11-28(12-14-29)22-16-27-30(25(32)24(22)26)20-8-4-3-5-9-20/h3-10,15-16,18H,11-14,17H2,1-2H3. The first-order chi connectivity index (χ1) is 15.9. The van der Waals surface area contributed by atoms with Crippen molar-refractivity contribution in [3.8, 4) is 11.4 Å². The van der Waals surface area contributed by atoms with Crippen molar-refractivity contribution in [3.05, 3.63) is 81.7 Å². The molecule has 3 aromatic rings. The fraction of sp³-hybridized carbons (Fsp3) is 0.320. The maximum atomic E-state index is 12.8. The lowest BCUT2D eigenvalue weighted by atomic mass is 10.0. The molecule has 0 radical (unpaired) electrons. The number of rotatable bonds is 6. The second-order valence-corrected chi connectivity index (χ2v) is 8.66. The largest absolute Gasteiger partial charge is 0.484 e. The lowest BCUT2D eigenvalue weighted by Gasteiger charge is -2.36. The van der Waals surface area contributed by atoms with Crippen molar-refractivity contribution >= 4 is 23.2 Å². The molecule has 8 heteroatoms. The number of carbonyl (C=O) groups excluding carboxylic acids is 1. The van der Waals surface area contributed by atoms with Gasteiger partial charge in [0.15, 0.2) is 6.61 Å². The zero-order chi connectivity index (χ0) is 23.4. The zero-order valence-electron chi connectivity index (χ0n) is 18.8. The highest BCUT2D eigenvalue weighted by Gasteiger charge is 2.24. The van der Waals surface area contributed by atoms with Gasteiger partial charge in [0.2, 0.25) is 0 Å². The van der Waals surface area contributed by atoms with E-state index in [-0.39, 0.29) is 23.1 Å². The highest BCUT2D eigenvalue weighted by atomic mass is 35.5. The van der Waals surface area contributed by atoms with Crippen molar-refractivity contribution in [2.75, 3.05) is 37.7 Å². The number of carbonyl (C=O) groups is 1. The molecule has 0 aliphatic carbocycles. The third-order valence-corrected chi connectivity index (χ3v) is 6.12. The number of ether oxygens (including phenoxy) is 1. The Morgan fingerprint density at radius 2 is 1.79 bits per heavy atom. The van der Waals surface area contributed by atoms with E-state index in [2.05, 4.69) is 25.0 Å².